The summed E-state index contributed by atoms with van der Waals surface area (Å²) >= 11 is 5.96. The first-order valence-electron chi connectivity index (χ1n) is 8.39. The zero-order chi connectivity index (χ0) is 17.8. The fourth-order valence-corrected chi connectivity index (χ4v) is 3.34. The van der Waals surface area contributed by atoms with Gasteiger partial charge in [-0.3, -0.25) is 0 Å². The maximum atomic E-state index is 11.8. The van der Waals surface area contributed by atoms with Crippen LogP contribution in [0.3, 0.4) is 0 Å². The van der Waals surface area contributed by atoms with Crippen LogP contribution >= 0.6 is 11.6 Å². The molecule has 6 nitrogen and oxygen atoms in total. The molecule has 1 aromatic heterocycles. The molecule has 132 valence electrons. The Kier molecular flexibility index (Phi) is 5.38. The van der Waals surface area contributed by atoms with E-state index in [0.29, 0.717) is 29.1 Å². The SMILES string of the molecule is CCOC(=O)c1ccc([C@H]2CCCN(c3cc(Cl)nnc3N)C2)cc1. The Hall–Kier alpha value is -2.34. The number of esters is 1. The van der Waals surface area contributed by atoms with E-state index >= 15 is 0 Å². The van der Waals surface area contributed by atoms with E-state index in [2.05, 4.69) is 15.1 Å². The molecule has 2 N–H and O–H groups in total. The molecule has 1 aliphatic rings. The van der Waals surface area contributed by atoms with Crippen molar-refractivity contribution in [1.29, 1.82) is 0 Å². The van der Waals surface area contributed by atoms with E-state index in [-0.39, 0.29) is 5.97 Å². The third-order valence-corrected chi connectivity index (χ3v) is 4.61. The summed E-state index contributed by atoms with van der Waals surface area (Å²) < 4.78 is 5.03. The molecule has 1 fully saturated rings. The number of carbonyl (C=O) groups excluding carboxylic acids is 1. The van der Waals surface area contributed by atoms with Gasteiger partial charge in [-0.25, -0.2) is 4.79 Å². The van der Waals surface area contributed by atoms with Crippen LogP contribution in [0.25, 0.3) is 0 Å². The number of carbonyl (C=O) groups is 1. The fraction of sp³-hybridized carbons (Fsp3) is 0.389. The maximum Gasteiger partial charge on any atom is 0.338 e. The van der Waals surface area contributed by atoms with Crippen LogP contribution in [0.5, 0.6) is 0 Å². The number of hydrogen-bond acceptors (Lipinski definition) is 6. The summed E-state index contributed by atoms with van der Waals surface area (Å²) in [6.07, 6.45) is 2.13. The second-order valence-electron chi connectivity index (χ2n) is 6.07. The molecule has 0 bridgehead atoms. The van der Waals surface area contributed by atoms with Crippen molar-refractivity contribution in [3.63, 3.8) is 0 Å². The molecule has 0 radical (unpaired) electrons. The van der Waals surface area contributed by atoms with E-state index in [1.54, 1.807) is 13.0 Å². The highest BCUT2D eigenvalue weighted by atomic mass is 35.5. The van der Waals surface area contributed by atoms with Crippen molar-refractivity contribution in [2.75, 3.05) is 30.3 Å². The third-order valence-electron chi connectivity index (χ3n) is 4.43. The van der Waals surface area contributed by atoms with Crippen LogP contribution in [0.15, 0.2) is 30.3 Å². The first kappa shape index (κ1) is 17.5. The van der Waals surface area contributed by atoms with Crippen LogP contribution in [0, 0.1) is 0 Å². The van der Waals surface area contributed by atoms with Crippen molar-refractivity contribution in [2.45, 2.75) is 25.7 Å². The van der Waals surface area contributed by atoms with Gasteiger partial charge in [0.1, 0.15) is 0 Å². The predicted molar refractivity (Wildman–Crippen MR) is 98.0 cm³/mol. The van der Waals surface area contributed by atoms with Gasteiger partial charge in [-0.1, -0.05) is 23.7 Å². The maximum absolute atomic E-state index is 11.8. The van der Waals surface area contributed by atoms with Crippen molar-refractivity contribution in [3.05, 3.63) is 46.6 Å². The largest absolute Gasteiger partial charge is 0.462 e. The Labute approximate surface area is 151 Å². The van der Waals surface area contributed by atoms with Crippen LogP contribution < -0.4 is 10.6 Å². The van der Waals surface area contributed by atoms with E-state index in [1.165, 1.54) is 5.56 Å². The zero-order valence-electron chi connectivity index (χ0n) is 14.1. The normalized spacial score (nSPS) is 17.4. The van der Waals surface area contributed by atoms with E-state index < -0.39 is 0 Å². The van der Waals surface area contributed by atoms with Gasteiger partial charge in [-0.05, 0) is 37.5 Å². The number of nitrogens with two attached hydrogens (primary N) is 1. The minimum atomic E-state index is -0.287. The van der Waals surface area contributed by atoms with E-state index in [4.69, 9.17) is 22.1 Å². The number of benzene rings is 1. The molecule has 7 heteroatoms. The molecule has 1 saturated heterocycles. The quantitative estimate of drug-likeness (QED) is 0.843. The van der Waals surface area contributed by atoms with Crippen LogP contribution in [-0.4, -0.2) is 35.9 Å². The molecule has 2 aromatic rings. The summed E-state index contributed by atoms with van der Waals surface area (Å²) in [6.45, 7) is 3.91. The highest BCUT2D eigenvalue weighted by Gasteiger charge is 2.24. The van der Waals surface area contributed by atoms with Crippen molar-refractivity contribution in [3.8, 4) is 0 Å². The lowest BCUT2D eigenvalue weighted by Crippen LogP contribution is -2.35. The molecule has 3 rings (SSSR count). The van der Waals surface area contributed by atoms with Crippen LogP contribution in [-0.2, 0) is 4.74 Å². The van der Waals surface area contributed by atoms with Crippen LogP contribution in [0.4, 0.5) is 11.5 Å². The van der Waals surface area contributed by atoms with Gasteiger partial charge in [-0.2, -0.15) is 0 Å². The molecule has 0 saturated carbocycles. The smallest absolute Gasteiger partial charge is 0.338 e. The molecule has 25 heavy (non-hydrogen) atoms. The van der Waals surface area contributed by atoms with Gasteiger partial charge >= 0.3 is 5.97 Å². The molecular formula is C18H21ClN4O2. The van der Waals surface area contributed by atoms with Gasteiger partial charge < -0.3 is 15.4 Å². The average molecular weight is 361 g/mol. The number of nitrogen functional groups attached to an aromatic ring is 1. The van der Waals surface area contributed by atoms with Crippen molar-refractivity contribution in [2.24, 2.45) is 0 Å². The first-order valence-corrected chi connectivity index (χ1v) is 8.77. The number of halogens is 1. The predicted octanol–water partition coefficient (Wildman–Crippen LogP) is 3.27. The monoisotopic (exact) mass is 360 g/mol. The number of ether oxygens (including phenoxy) is 1. The first-order chi connectivity index (χ1) is 12.1. The second kappa shape index (κ2) is 7.70. The van der Waals surface area contributed by atoms with Crippen LogP contribution in [0.1, 0.15) is 41.6 Å². The molecule has 1 aliphatic heterocycles. The van der Waals surface area contributed by atoms with Crippen molar-refractivity contribution >= 4 is 29.1 Å². The summed E-state index contributed by atoms with van der Waals surface area (Å²) in [5.74, 6) is 0.462. The Morgan fingerprint density at radius 1 is 1.36 bits per heavy atom. The van der Waals surface area contributed by atoms with Gasteiger partial charge in [0.2, 0.25) is 0 Å². The summed E-state index contributed by atoms with van der Waals surface area (Å²) in [7, 11) is 0. The lowest BCUT2D eigenvalue weighted by molar-refractivity contribution is 0.0526. The molecule has 0 spiro atoms. The van der Waals surface area contributed by atoms with Gasteiger partial charge in [0, 0.05) is 25.1 Å². The Morgan fingerprint density at radius 2 is 2.12 bits per heavy atom. The number of aromatic nitrogens is 2. The zero-order valence-corrected chi connectivity index (χ0v) is 14.9. The second-order valence-corrected chi connectivity index (χ2v) is 6.45. The number of rotatable bonds is 4. The minimum absolute atomic E-state index is 0.287. The Morgan fingerprint density at radius 3 is 2.84 bits per heavy atom. The lowest BCUT2D eigenvalue weighted by Gasteiger charge is -2.35. The van der Waals surface area contributed by atoms with E-state index in [9.17, 15) is 4.79 Å². The summed E-state index contributed by atoms with van der Waals surface area (Å²) in [5.41, 5.74) is 8.56. The van der Waals surface area contributed by atoms with E-state index in [1.807, 2.05) is 24.3 Å². The lowest BCUT2D eigenvalue weighted by atomic mass is 9.90. The minimum Gasteiger partial charge on any atom is -0.462 e. The van der Waals surface area contributed by atoms with Crippen molar-refractivity contribution < 1.29 is 9.53 Å². The van der Waals surface area contributed by atoms with Gasteiger partial charge in [-0.15, -0.1) is 10.2 Å². The number of hydrogen-bond donors (Lipinski definition) is 1. The molecule has 0 amide bonds. The Balaban J connectivity index is 1.75. The number of anilines is 2. The van der Waals surface area contributed by atoms with Gasteiger partial charge in [0.25, 0.3) is 0 Å². The summed E-state index contributed by atoms with van der Waals surface area (Å²) in [6, 6.07) is 9.41. The Bertz CT molecular complexity index is 751. The fourth-order valence-electron chi connectivity index (χ4n) is 3.20. The number of piperidine rings is 1. The van der Waals surface area contributed by atoms with Gasteiger partial charge in [0.05, 0.1) is 17.9 Å². The standard InChI is InChI=1S/C18H21ClN4O2/c1-2-25-18(24)13-7-5-12(6-8-13)14-4-3-9-23(11-14)15-10-16(19)21-22-17(15)20/h5-8,10,14H,2-4,9,11H2,1H3,(H2,20,22)/t14-/m0/s1. The summed E-state index contributed by atoms with van der Waals surface area (Å²) in [5, 5.41) is 8.01. The average Bonchev–Trinajstić information content (AvgIpc) is 2.64. The molecule has 0 aliphatic carbocycles. The van der Waals surface area contributed by atoms with Crippen molar-refractivity contribution in [1.82, 2.24) is 10.2 Å². The summed E-state index contributed by atoms with van der Waals surface area (Å²) in [4.78, 5) is 14.0. The highest BCUT2D eigenvalue weighted by Crippen LogP contribution is 2.32. The molecule has 1 aromatic carbocycles. The third kappa shape index (κ3) is 4.02. The molecular weight excluding hydrogens is 340 g/mol. The molecule has 1 atom stereocenters. The topological polar surface area (TPSA) is 81.3 Å². The molecule has 2 heterocycles. The van der Waals surface area contributed by atoms with E-state index in [0.717, 1.165) is 31.6 Å². The molecule has 0 unspecified atom stereocenters. The number of nitrogens with zero attached hydrogens (tertiary/aromatic N) is 3. The highest BCUT2D eigenvalue weighted by molar-refractivity contribution is 6.29. The van der Waals surface area contributed by atoms with Gasteiger partial charge in [0.15, 0.2) is 11.0 Å². The van der Waals surface area contributed by atoms with Crippen LogP contribution in [0.2, 0.25) is 5.15 Å².